The molecule has 7 heteroatoms. The number of rotatable bonds is 5. The highest BCUT2D eigenvalue weighted by Gasteiger charge is 2.19. The van der Waals surface area contributed by atoms with Crippen molar-refractivity contribution in [1.82, 2.24) is 5.32 Å². The Morgan fingerprint density at radius 3 is 2.13 bits per heavy atom. The summed E-state index contributed by atoms with van der Waals surface area (Å²) in [6, 6.07) is 15.9. The first-order valence-corrected chi connectivity index (χ1v) is 9.45. The molecule has 0 saturated carbocycles. The second-order valence-electron chi connectivity index (χ2n) is 6.88. The minimum atomic E-state index is -0.830. The zero-order valence-electron chi connectivity index (χ0n) is 17.0. The number of nitrogens with one attached hydrogen (secondary N) is 3. The molecule has 0 radical (unpaired) electrons. The van der Waals surface area contributed by atoms with Gasteiger partial charge in [0.15, 0.2) is 0 Å². The molecular formula is C23H23N3O4. The van der Waals surface area contributed by atoms with Gasteiger partial charge in [0, 0.05) is 5.69 Å². The third-order valence-electron chi connectivity index (χ3n) is 4.60. The lowest BCUT2D eigenvalue weighted by molar-refractivity contribution is -0.136. The molecule has 0 heterocycles. The number of aryl methyl sites for hydroxylation is 2. The summed E-state index contributed by atoms with van der Waals surface area (Å²) in [6.45, 7) is 3.69. The highest BCUT2D eigenvalue weighted by Crippen LogP contribution is 2.26. The highest BCUT2D eigenvalue weighted by atomic mass is 16.6. The Morgan fingerprint density at radius 1 is 0.867 bits per heavy atom. The summed E-state index contributed by atoms with van der Waals surface area (Å²) < 4.78 is 4.89. The summed E-state index contributed by atoms with van der Waals surface area (Å²) in [5, 5.41) is 9.78. The smallest absolute Gasteiger partial charge is 0.347 e. The van der Waals surface area contributed by atoms with Gasteiger partial charge in [-0.05, 0) is 54.9 Å². The molecule has 3 aromatic rings. The van der Waals surface area contributed by atoms with Crippen LogP contribution in [0.2, 0.25) is 0 Å². The van der Waals surface area contributed by atoms with Crippen LogP contribution < -0.4 is 16.0 Å². The van der Waals surface area contributed by atoms with E-state index in [9.17, 15) is 14.4 Å². The zero-order chi connectivity index (χ0) is 21.7. The number of amides is 2. The molecule has 0 fully saturated rings. The average Bonchev–Trinajstić information content (AvgIpc) is 2.70. The van der Waals surface area contributed by atoms with E-state index >= 15 is 0 Å². The number of hydrogen-bond donors (Lipinski definition) is 3. The number of para-hydroxylation sites is 1. The Hall–Kier alpha value is -3.71. The molecule has 0 aliphatic heterocycles. The van der Waals surface area contributed by atoms with Gasteiger partial charge in [-0.15, -0.1) is 0 Å². The van der Waals surface area contributed by atoms with Crippen LogP contribution in [0.1, 0.15) is 21.5 Å². The molecule has 0 atom stereocenters. The average molecular weight is 405 g/mol. The Kier molecular flexibility index (Phi) is 6.44. The van der Waals surface area contributed by atoms with Gasteiger partial charge in [0.2, 0.25) is 0 Å². The van der Waals surface area contributed by atoms with Gasteiger partial charge in [-0.25, -0.2) is 9.59 Å². The summed E-state index contributed by atoms with van der Waals surface area (Å²) in [5.74, 6) is -1.54. The quantitative estimate of drug-likeness (QED) is 0.440. The summed E-state index contributed by atoms with van der Waals surface area (Å²) in [4.78, 5) is 37.0. The molecule has 0 bridgehead atoms. The molecule has 0 aromatic heterocycles. The molecule has 0 unspecified atom stereocenters. The minimum Gasteiger partial charge on any atom is -0.388 e. The number of likely N-dealkylation sites (N-methyl/N-ethyl adjacent to an activating group) is 1. The summed E-state index contributed by atoms with van der Waals surface area (Å²) in [7, 11) is 1.58. The lowest BCUT2D eigenvalue weighted by atomic mass is 10.0. The molecule has 7 nitrogen and oxygen atoms in total. The van der Waals surface area contributed by atoms with Gasteiger partial charge in [-0.2, -0.15) is 0 Å². The van der Waals surface area contributed by atoms with Gasteiger partial charge < -0.3 is 20.7 Å². The van der Waals surface area contributed by atoms with Crippen molar-refractivity contribution in [2.45, 2.75) is 13.8 Å². The van der Waals surface area contributed by atoms with Gasteiger partial charge in [0.05, 0.1) is 17.8 Å². The number of carbonyl (C=O) groups is 3. The first-order valence-electron chi connectivity index (χ1n) is 9.45. The summed E-state index contributed by atoms with van der Waals surface area (Å²) in [6.07, 6.45) is 0. The maximum absolute atomic E-state index is 12.7. The van der Waals surface area contributed by atoms with Crippen LogP contribution in [0, 0.1) is 13.8 Å². The zero-order valence-corrected chi connectivity index (χ0v) is 17.0. The van der Waals surface area contributed by atoms with Crippen molar-refractivity contribution in [2.24, 2.45) is 0 Å². The maximum Gasteiger partial charge on any atom is 0.347 e. The van der Waals surface area contributed by atoms with E-state index in [1.165, 1.54) is 0 Å². The van der Waals surface area contributed by atoms with Crippen LogP contribution in [-0.4, -0.2) is 31.6 Å². The van der Waals surface area contributed by atoms with E-state index < -0.39 is 18.0 Å². The molecule has 0 spiro atoms. The van der Waals surface area contributed by atoms with Crippen molar-refractivity contribution in [3.05, 3.63) is 71.3 Å². The van der Waals surface area contributed by atoms with Crippen molar-refractivity contribution < 1.29 is 19.1 Å². The summed E-state index contributed by atoms with van der Waals surface area (Å²) in [5.41, 5.74) is 2.88. The second kappa shape index (κ2) is 9.19. The van der Waals surface area contributed by atoms with E-state index in [0.717, 1.165) is 21.9 Å². The lowest BCUT2D eigenvalue weighted by Crippen LogP contribution is -2.25. The van der Waals surface area contributed by atoms with Gasteiger partial charge in [0.25, 0.3) is 0 Å². The van der Waals surface area contributed by atoms with Crippen LogP contribution in [0.15, 0.2) is 54.6 Å². The van der Waals surface area contributed by atoms with E-state index in [1.807, 2.05) is 56.3 Å². The molecule has 0 saturated heterocycles. The van der Waals surface area contributed by atoms with Gasteiger partial charge in [-0.3, -0.25) is 4.79 Å². The van der Waals surface area contributed by atoms with Crippen LogP contribution >= 0.6 is 0 Å². The second-order valence-corrected chi connectivity index (χ2v) is 6.88. The first-order chi connectivity index (χ1) is 14.4. The fourth-order valence-corrected chi connectivity index (χ4v) is 3.13. The number of anilines is 2. The predicted octanol–water partition coefficient (Wildman–Crippen LogP) is 4.00. The molecule has 30 heavy (non-hydrogen) atoms. The number of fused-ring (bicyclic) bond motifs is 1. The van der Waals surface area contributed by atoms with E-state index in [2.05, 4.69) is 16.0 Å². The van der Waals surface area contributed by atoms with E-state index in [-0.39, 0.29) is 17.8 Å². The van der Waals surface area contributed by atoms with Crippen molar-refractivity contribution in [1.29, 1.82) is 0 Å². The monoisotopic (exact) mass is 405 g/mol. The number of carbonyl (C=O) groups excluding carboxylic acids is 3. The minimum absolute atomic E-state index is 0.0924. The van der Waals surface area contributed by atoms with E-state index in [1.54, 1.807) is 19.2 Å². The van der Waals surface area contributed by atoms with Crippen LogP contribution in [0.4, 0.5) is 16.2 Å². The van der Waals surface area contributed by atoms with Crippen LogP contribution in [0.5, 0.6) is 0 Å². The molecule has 3 rings (SSSR count). The fraction of sp³-hybridized carbons (Fsp3) is 0.174. The number of benzene rings is 3. The molecule has 2 amide bonds. The Morgan fingerprint density at radius 2 is 1.50 bits per heavy atom. The fourth-order valence-electron chi connectivity index (χ4n) is 3.13. The Bertz CT molecular complexity index is 1100. The van der Waals surface area contributed by atoms with Crippen molar-refractivity contribution in [3.63, 3.8) is 0 Å². The normalized spacial score (nSPS) is 10.5. The Balaban J connectivity index is 1.92. The summed E-state index contributed by atoms with van der Waals surface area (Å²) >= 11 is 0. The van der Waals surface area contributed by atoms with Crippen molar-refractivity contribution in [3.8, 4) is 0 Å². The van der Waals surface area contributed by atoms with Crippen LogP contribution in [-0.2, 0) is 9.53 Å². The molecular weight excluding hydrogens is 382 g/mol. The molecule has 0 aliphatic carbocycles. The van der Waals surface area contributed by atoms with Crippen molar-refractivity contribution >= 4 is 40.1 Å². The lowest BCUT2D eigenvalue weighted by Gasteiger charge is -2.15. The van der Waals surface area contributed by atoms with E-state index in [4.69, 9.17) is 4.74 Å². The predicted molar refractivity (Wildman–Crippen MR) is 117 cm³/mol. The third-order valence-corrected chi connectivity index (χ3v) is 4.60. The highest BCUT2D eigenvalue weighted by molar-refractivity contribution is 6.10. The number of ether oxygens (including phenoxy) is 1. The number of esters is 2. The van der Waals surface area contributed by atoms with Gasteiger partial charge in [0.1, 0.15) is 0 Å². The molecule has 3 N–H and O–H groups in total. The number of hydrogen-bond acceptors (Lipinski definition) is 5. The van der Waals surface area contributed by atoms with Gasteiger partial charge in [-0.1, -0.05) is 42.5 Å². The Labute approximate surface area is 174 Å². The van der Waals surface area contributed by atoms with Crippen LogP contribution in [0.25, 0.3) is 10.8 Å². The van der Waals surface area contributed by atoms with Crippen LogP contribution in [0.3, 0.4) is 0 Å². The van der Waals surface area contributed by atoms with Crippen molar-refractivity contribution in [2.75, 3.05) is 24.2 Å². The standard InChI is InChI=1S/C23H23N3O4/c1-14-7-6-8-15(2)21(14)26-23(29)25-19-12-17-10-5-4-9-16(17)11-18(19)22(28)30-20(27)13-24-3/h4-12,24H,13H2,1-3H3,(H2,25,26,29). The largest absolute Gasteiger partial charge is 0.388 e. The maximum atomic E-state index is 12.7. The third kappa shape index (κ3) is 4.82. The van der Waals surface area contributed by atoms with E-state index in [0.29, 0.717) is 5.69 Å². The number of urea groups is 1. The SMILES string of the molecule is CNCC(=O)OC(=O)c1cc2ccccc2cc1NC(=O)Nc1c(C)cccc1C. The molecule has 154 valence electrons. The topological polar surface area (TPSA) is 96.5 Å². The first kappa shape index (κ1) is 21.0. The molecule has 3 aromatic carbocycles. The molecule has 0 aliphatic rings. The van der Waals surface area contributed by atoms with Gasteiger partial charge >= 0.3 is 18.0 Å².